The Bertz CT molecular complexity index is 451. The first-order valence-corrected chi connectivity index (χ1v) is 6.00. The minimum absolute atomic E-state index is 0.590. The highest BCUT2D eigenvalue weighted by Gasteiger charge is 2.12. The van der Waals surface area contributed by atoms with Crippen LogP contribution < -0.4 is 4.90 Å². The highest BCUT2D eigenvalue weighted by atomic mass is 35.5. The molecule has 1 aliphatic rings. The van der Waals surface area contributed by atoms with Crippen molar-refractivity contribution in [2.24, 2.45) is 0 Å². The van der Waals surface area contributed by atoms with Gasteiger partial charge in [0.15, 0.2) is 0 Å². The van der Waals surface area contributed by atoms with Crippen LogP contribution in [-0.4, -0.2) is 24.2 Å². The summed E-state index contributed by atoms with van der Waals surface area (Å²) in [6, 6.07) is 5.74. The number of hydrogen-bond donors (Lipinski definition) is 1. The molecule has 1 aliphatic heterocycles. The van der Waals surface area contributed by atoms with E-state index in [-0.39, 0.29) is 0 Å². The maximum atomic E-state index is 10.4. The molecule has 3 nitrogen and oxygen atoms in total. The predicted octanol–water partition coefficient (Wildman–Crippen LogP) is 3.04. The largest absolute Gasteiger partial charge is 0.478 e. The number of carbonyl (C=O) groups is 1. The van der Waals surface area contributed by atoms with Gasteiger partial charge in [-0.1, -0.05) is 17.7 Å². The van der Waals surface area contributed by atoms with Crippen LogP contribution in [0.25, 0.3) is 6.08 Å². The summed E-state index contributed by atoms with van der Waals surface area (Å²) < 4.78 is 0. The SMILES string of the molecule is O=C(O)/C=C/c1ccc(N2CCCC2)cc1Cl. The maximum absolute atomic E-state index is 10.4. The fraction of sp³-hybridized carbons (Fsp3) is 0.308. The zero-order valence-corrected chi connectivity index (χ0v) is 10.2. The molecule has 1 aromatic carbocycles. The Balaban J connectivity index is 2.19. The Morgan fingerprint density at radius 3 is 2.65 bits per heavy atom. The first-order chi connectivity index (χ1) is 8.16. The van der Waals surface area contributed by atoms with Crippen molar-refractivity contribution in [3.05, 3.63) is 34.9 Å². The molecule has 0 atom stereocenters. The normalized spacial score (nSPS) is 15.7. The number of carboxylic acids is 1. The summed E-state index contributed by atoms with van der Waals surface area (Å²) in [5.41, 5.74) is 1.84. The number of nitrogens with zero attached hydrogens (tertiary/aromatic N) is 1. The minimum Gasteiger partial charge on any atom is -0.478 e. The van der Waals surface area contributed by atoms with Crippen LogP contribution in [0.3, 0.4) is 0 Å². The molecule has 90 valence electrons. The van der Waals surface area contributed by atoms with E-state index >= 15 is 0 Å². The Hall–Kier alpha value is -1.48. The lowest BCUT2D eigenvalue weighted by atomic mass is 10.2. The van der Waals surface area contributed by atoms with Crippen LogP contribution in [0.1, 0.15) is 18.4 Å². The second kappa shape index (κ2) is 5.23. The number of hydrogen-bond acceptors (Lipinski definition) is 2. The van der Waals surface area contributed by atoms with Gasteiger partial charge in [0, 0.05) is 29.9 Å². The predicted molar refractivity (Wildman–Crippen MR) is 69.6 cm³/mol. The molecule has 0 saturated carbocycles. The first kappa shape index (κ1) is 12.0. The van der Waals surface area contributed by atoms with E-state index < -0.39 is 5.97 Å². The molecular weight excluding hydrogens is 238 g/mol. The summed E-state index contributed by atoms with van der Waals surface area (Å²) in [6.07, 6.45) is 5.05. The quantitative estimate of drug-likeness (QED) is 0.840. The van der Waals surface area contributed by atoms with Gasteiger partial charge in [-0.15, -0.1) is 0 Å². The average Bonchev–Trinajstić information content (AvgIpc) is 2.80. The van der Waals surface area contributed by atoms with Crippen molar-refractivity contribution < 1.29 is 9.90 Å². The molecule has 0 unspecified atom stereocenters. The highest BCUT2D eigenvalue weighted by molar-refractivity contribution is 6.32. The molecule has 0 bridgehead atoms. The fourth-order valence-corrected chi connectivity index (χ4v) is 2.22. The van der Waals surface area contributed by atoms with Gasteiger partial charge < -0.3 is 10.0 Å². The van der Waals surface area contributed by atoms with Gasteiger partial charge >= 0.3 is 5.97 Å². The highest BCUT2D eigenvalue weighted by Crippen LogP contribution is 2.26. The molecule has 4 heteroatoms. The van der Waals surface area contributed by atoms with Crippen LogP contribution in [0.15, 0.2) is 24.3 Å². The van der Waals surface area contributed by atoms with Crippen molar-refractivity contribution in [1.82, 2.24) is 0 Å². The van der Waals surface area contributed by atoms with E-state index in [1.165, 1.54) is 18.9 Å². The summed E-state index contributed by atoms with van der Waals surface area (Å²) >= 11 is 6.12. The van der Waals surface area contributed by atoms with Crippen LogP contribution in [0.5, 0.6) is 0 Å². The lowest BCUT2D eigenvalue weighted by Gasteiger charge is -2.18. The summed E-state index contributed by atoms with van der Waals surface area (Å²) in [6.45, 7) is 2.14. The molecule has 1 heterocycles. The summed E-state index contributed by atoms with van der Waals surface area (Å²) in [7, 11) is 0. The Labute approximate surface area is 105 Å². The smallest absolute Gasteiger partial charge is 0.328 e. The van der Waals surface area contributed by atoms with E-state index in [1.54, 1.807) is 0 Å². The van der Waals surface area contributed by atoms with Crippen LogP contribution in [0.4, 0.5) is 5.69 Å². The lowest BCUT2D eigenvalue weighted by molar-refractivity contribution is -0.131. The second-order valence-electron chi connectivity index (χ2n) is 4.07. The minimum atomic E-state index is -0.968. The molecule has 1 saturated heterocycles. The Morgan fingerprint density at radius 1 is 1.35 bits per heavy atom. The van der Waals surface area contributed by atoms with Gasteiger partial charge in [0.05, 0.1) is 0 Å². The fourth-order valence-electron chi connectivity index (χ4n) is 1.98. The van der Waals surface area contributed by atoms with E-state index in [0.717, 1.165) is 30.4 Å². The monoisotopic (exact) mass is 251 g/mol. The van der Waals surface area contributed by atoms with E-state index in [1.807, 2.05) is 18.2 Å². The maximum Gasteiger partial charge on any atom is 0.328 e. The topological polar surface area (TPSA) is 40.5 Å². The molecule has 1 fully saturated rings. The molecular formula is C13H14ClNO2. The second-order valence-corrected chi connectivity index (χ2v) is 4.48. The molecule has 0 radical (unpaired) electrons. The molecule has 0 amide bonds. The molecule has 17 heavy (non-hydrogen) atoms. The van der Waals surface area contributed by atoms with Gasteiger partial charge in [-0.3, -0.25) is 0 Å². The van der Waals surface area contributed by atoms with Crippen molar-refractivity contribution in [3.8, 4) is 0 Å². The molecule has 2 rings (SSSR count). The number of rotatable bonds is 3. The van der Waals surface area contributed by atoms with E-state index in [0.29, 0.717) is 5.02 Å². The third-order valence-electron chi connectivity index (χ3n) is 2.86. The zero-order chi connectivity index (χ0) is 12.3. The zero-order valence-electron chi connectivity index (χ0n) is 9.40. The van der Waals surface area contributed by atoms with Crippen molar-refractivity contribution in [2.45, 2.75) is 12.8 Å². The molecule has 0 aromatic heterocycles. The number of benzene rings is 1. The third kappa shape index (κ3) is 3.01. The number of carboxylic acid groups (broad SMARTS) is 1. The standard InChI is InChI=1S/C13H14ClNO2/c14-12-9-11(15-7-1-2-8-15)5-3-10(12)4-6-13(16)17/h3-6,9H,1-2,7-8H2,(H,16,17)/b6-4+. The molecule has 1 aromatic rings. The number of anilines is 1. The van der Waals surface area contributed by atoms with Gasteiger partial charge in [-0.25, -0.2) is 4.79 Å². The van der Waals surface area contributed by atoms with Crippen molar-refractivity contribution in [3.63, 3.8) is 0 Å². The van der Waals surface area contributed by atoms with Crippen LogP contribution in [-0.2, 0) is 4.79 Å². The van der Waals surface area contributed by atoms with Gasteiger partial charge in [0.1, 0.15) is 0 Å². The third-order valence-corrected chi connectivity index (χ3v) is 3.19. The summed E-state index contributed by atoms with van der Waals surface area (Å²) in [5.74, 6) is -0.968. The lowest BCUT2D eigenvalue weighted by Crippen LogP contribution is -2.17. The Kier molecular flexibility index (Phi) is 3.69. The van der Waals surface area contributed by atoms with E-state index in [9.17, 15) is 4.79 Å². The van der Waals surface area contributed by atoms with Gasteiger partial charge in [0.2, 0.25) is 0 Å². The van der Waals surface area contributed by atoms with Crippen molar-refractivity contribution in [1.29, 1.82) is 0 Å². The number of aliphatic carboxylic acids is 1. The van der Waals surface area contributed by atoms with E-state index in [2.05, 4.69) is 4.90 Å². The summed E-state index contributed by atoms with van der Waals surface area (Å²) in [5, 5.41) is 9.14. The van der Waals surface area contributed by atoms with Gasteiger partial charge in [-0.2, -0.15) is 0 Å². The van der Waals surface area contributed by atoms with Crippen molar-refractivity contribution >= 4 is 29.3 Å². The van der Waals surface area contributed by atoms with Crippen molar-refractivity contribution in [2.75, 3.05) is 18.0 Å². The molecule has 0 aliphatic carbocycles. The number of halogens is 1. The van der Waals surface area contributed by atoms with E-state index in [4.69, 9.17) is 16.7 Å². The van der Waals surface area contributed by atoms with Crippen LogP contribution >= 0.6 is 11.6 Å². The van der Waals surface area contributed by atoms with Crippen LogP contribution in [0.2, 0.25) is 5.02 Å². The average molecular weight is 252 g/mol. The van der Waals surface area contributed by atoms with Gasteiger partial charge in [-0.05, 0) is 36.6 Å². The summed E-state index contributed by atoms with van der Waals surface area (Å²) in [4.78, 5) is 12.7. The Morgan fingerprint density at radius 2 is 2.06 bits per heavy atom. The first-order valence-electron chi connectivity index (χ1n) is 5.62. The molecule has 0 spiro atoms. The van der Waals surface area contributed by atoms with Crippen LogP contribution in [0, 0.1) is 0 Å². The van der Waals surface area contributed by atoms with Gasteiger partial charge in [0.25, 0.3) is 0 Å². The molecule has 1 N–H and O–H groups in total.